The largest absolute Gasteiger partial charge is 0.504 e. The molecule has 4 nitrogen and oxygen atoms in total. The van der Waals surface area contributed by atoms with Gasteiger partial charge < -0.3 is 9.84 Å². The van der Waals surface area contributed by atoms with Crippen molar-refractivity contribution in [3.63, 3.8) is 0 Å². The number of rotatable bonds is 5. The first-order valence-electron chi connectivity index (χ1n) is 8.79. The lowest BCUT2D eigenvalue weighted by Crippen LogP contribution is -1.94. The van der Waals surface area contributed by atoms with Gasteiger partial charge in [-0.2, -0.15) is 0 Å². The Bertz CT molecular complexity index is 1140. The second-order valence-corrected chi connectivity index (χ2v) is 8.02. The fraction of sp³-hybridized carbons (Fsp3) is 0.0909. The summed E-state index contributed by atoms with van der Waals surface area (Å²) in [5.74, 6) is 0.512. The Morgan fingerprint density at radius 1 is 1.14 bits per heavy atom. The van der Waals surface area contributed by atoms with Crippen molar-refractivity contribution in [2.45, 2.75) is 6.92 Å². The quantitative estimate of drug-likeness (QED) is 0.347. The Labute approximate surface area is 175 Å². The van der Waals surface area contributed by atoms with Crippen LogP contribution in [0.1, 0.15) is 12.5 Å². The fourth-order valence-corrected chi connectivity index (χ4v) is 4.23. The molecule has 0 saturated heterocycles. The van der Waals surface area contributed by atoms with Gasteiger partial charge in [0.05, 0.1) is 22.5 Å². The molecule has 0 saturated carbocycles. The van der Waals surface area contributed by atoms with Gasteiger partial charge in [0.15, 0.2) is 11.5 Å². The third-order valence-corrected chi connectivity index (χ3v) is 5.65. The molecule has 0 fully saturated rings. The molecule has 0 bridgehead atoms. The molecule has 4 aromatic rings. The van der Waals surface area contributed by atoms with Crippen LogP contribution in [0.3, 0.4) is 0 Å². The van der Waals surface area contributed by atoms with Crippen molar-refractivity contribution >= 4 is 49.4 Å². The molecule has 0 aliphatic rings. The molecule has 0 spiro atoms. The summed E-state index contributed by atoms with van der Waals surface area (Å²) >= 11 is 5.10. The fourth-order valence-electron chi connectivity index (χ4n) is 2.82. The number of phenolic OH excluding ortho intramolecular Hbond substituents is 1. The van der Waals surface area contributed by atoms with Gasteiger partial charge in [0.1, 0.15) is 5.01 Å². The Hall–Kier alpha value is -2.70. The van der Waals surface area contributed by atoms with E-state index in [4.69, 9.17) is 9.72 Å². The summed E-state index contributed by atoms with van der Waals surface area (Å²) in [6, 6.07) is 19.6. The van der Waals surface area contributed by atoms with E-state index in [1.165, 1.54) is 0 Å². The van der Waals surface area contributed by atoms with E-state index in [9.17, 15) is 5.11 Å². The Morgan fingerprint density at radius 2 is 2.00 bits per heavy atom. The molecule has 1 heterocycles. The number of para-hydroxylation sites is 1. The highest BCUT2D eigenvalue weighted by atomic mass is 79.9. The Morgan fingerprint density at radius 3 is 2.82 bits per heavy atom. The number of fused-ring (bicyclic) bond motifs is 1. The number of halogens is 1. The topological polar surface area (TPSA) is 54.7 Å². The highest BCUT2D eigenvalue weighted by molar-refractivity contribution is 9.10. The number of hydrogen-bond acceptors (Lipinski definition) is 5. The molecule has 6 heteroatoms. The molecule has 0 aliphatic heterocycles. The number of aliphatic imine (C=N–C) groups is 1. The predicted octanol–water partition coefficient (Wildman–Crippen LogP) is 6.58. The average molecular weight is 453 g/mol. The minimum absolute atomic E-state index is 0.0797. The number of thiazole rings is 1. The molecule has 0 atom stereocenters. The molecule has 1 N–H and O–H groups in total. The average Bonchev–Trinajstić information content (AvgIpc) is 3.14. The number of ether oxygens (including phenoxy) is 1. The Kier molecular flexibility index (Phi) is 5.41. The number of aromatic nitrogens is 1. The van der Waals surface area contributed by atoms with Crippen LogP contribution in [0.15, 0.2) is 70.1 Å². The van der Waals surface area contributed by atoms with Gasteiger partial charge >= 0.3 is 0 Å². The number of phenols is 1. The van der Waals surface area contributed by atoms with Gasteiger partial charge in [-0.05, 0) is 43.3 Å². The van der Waals surface area contributed by atoms with Gasteiger partial charge in [0, 0.05) is 21.8 Å². The smallest absolute Gasteiger partial charge is 0.166 e. The zero-order chi connectivity index (χ0) is 19.5. The maximum Gasteiger partial charge on any atom is 0.166 e. The standard InChI is InChI=1S/C22H17BrN2O2S/c1-2-27-19-12-16(23)10-15(21(19)26)13-24-17-7-5-6-14(11-17)22-25-18-8-3-4-9-20(18)28-22/h3-13,26H,2H2,1H3. The SMILES string of the molecule is CCOc1cc(Br)cc(C=Nc2cccc(-c3nc4ccccc4s3)c2)c1O. The van der Waals surface area contributed by atoms with Crippen molar-refractivity contribution in [2.75, 3.05) is 6.61 Å². The third kappa shape index (κ3) is 3.93. The van der Waals surface area contributed by atoms with Gasteiger partial charge in [0.2, 0.25) is 0 Å². The van der Waals surface area contributed by atoms with Crippen LogP contribution in [0.25, 0.3) is 20.8 Å². The maximum absolute atomic E-state index is 10.4. The molecule has 28 heavy (non-hydrogen) atoms. The highest BCUT2D eigenvalue weighted by Crippen LogP contribution is 2.34. The van der Waals surface area contributed by atoms with Crippen molar-refractivity contribution in [3.8, 4) is 22.1 Å². The monoisotopic (exact) mass is 452 g/mol. The molecule has 140 valence electrons. The van der Waals surface area contributed by atoms with Crippen LogP contribution in [0, 0.1) is 0 Å². The van der Waals surface area contributed by atoms with Gasteiger partial charge in [-0.15, -0.1) is 11.3 Å². The van der Waals surface area contributed by atoms with Crippen LogP contribution in [-0.2, 0) is 0 Å². The molecule has 0 radical (unpaired) electrons. The molecule has 1 aromatic heterocycles. The number of hydrogen-bond donors (Lipinski definition) is 1. The second kappa shape index (κ2) is 8.12. The van der Waals surface area contributed by atoms with E-state index >= 15 is 0 Å². The first-order valence-corrected chi connectivity index (χ1v) is 10.4. The molecule has 3 aromatic carbocycles. The number of benzene rings is 3. The summed E-state index contributed by atoms with van der Waals surface area (Å²) in [4.78, 5) is 9.24. The van der Waals surface area contributed by atoms with Crippen molar-refractivity contribution in [1.29, 1.82) is 0 Å². The van der Waals surface area contributed by atoms with E-state index in [0.29, 0.717) is 17.9 Å². The van der Waals surface area contributed by atoms with Crippen LogP contribution < -0.4 is 4.74 Å². The number of nitrogens with zero attached hydrogens (tertiary/aromatic N) is 2. The van der Waals surface area contributed by atoms with Crippen LogP contribution in [-0.4, -0.2) is 22.9 Å². The summed E-state index contributed by atoms with van der Waals surface area (Å²) < 4.78 is 7.45. The van der Waals surface area contributed by atoms with E-state index in [2.05, 4.69) is 27.0 Å². The van der Waals surface area contributed by atoms with Gasteiger partial charge in [-0.3, -0.25) is 4.99 Å². The van der Waals surface area contributed by atoms with E-state index in [1.54, 1.807) is 29.7 Å². The lowest BCUT2D eigenvalue weighted by Gasteiger charge is -2.08. The molecular weight excluding hydrogens is 436 g/mol. The van der Waals surface area contributed by atoms with Gasteiger partial charge in [0.25, 0.3) is 0 Å². The van der Waals surface area contributed by atoms with E-state index < -0.39 is 0 Å². The summed E-state index contributed by atoms with van der Waals surface area (Å²) in [6.45, 7) is 2.35. The minimum atomic E-state index is 0.0797. The van der Waals surface area contributed by atoms with Crippen molar-refractivity contribution in [2.24, 2.45) is 4.99 Å². The van der Waals surface area contributed by atoms with Crippen LogP contribution in [0.2, 0.25) is 0 Å². The van der Waals surface area contributed by atoms with Crippen molar-refractivity contribution < 1.29 is 9.84 Å². The summed E-state index contributed by atoms with van der Waals surface area (Å²) in [7, 11) is 0. The molecular formula is C22H17BrN2O2S. The third-order valence-electron chi connectivity index (χ3n) is 4.11. The van der Waals surface area contributed by atoms with E-state index in [0.717, 1.165) is 30.9 Å². The molecule has 0 unspecified atom stereocenters. The lowest BCUT2D eigenvalue weighted by molar-refractivity contribution is 0.317. The van der Waals surface area contributed by atoms with Crippen LogP contribution in [0.4, 0.5) is 5.69 Å². The second-order valence-electron chi connectivity index (χ2n) is 6.07. The van der Waals surface area contributed by atoms with Crippen molar-refractivity contribution in [3.05, 3.63) is 70.7 Å². The molecule has 4 rings (SSSR count). The zero-order valence-electron chi connectivity index (χ0n) is 15.1. The van der Waals surface area contributed by atoms with Gasteiger partial charge in [-0.25, -0.2) is 4.98 Å². The lowest BCUT2D eigenvalue weighted by atomic mass is 10.2. The molecule has 0 aliphatic carbocycles. The normalized spacial score (nSPS) is 11.4. The summed E-state index contributed by atoms with van der Waals surface area (Å²) in [5.41, 5.74) is 3.39. The summed E-state index contributed by atoms with van der Waals surface area (Å²) in [5, 5.41) is 11.4. The first-order chi connectivity index (χ1) is 13.6. The van der Waals surface area contributed by atoms with E-state index in [1.807, 2.05) is 49.4 Å². The van der Waals surface area contributed by atoms with Gasteiger partial charge in [-0.1, -0.05) is 40.2 Å². The molecule has 0 amide bonds. The van der Waals surface area contributed by atoms with E-state index in [-0.39, 0.29) is 5.75 Å². The minimum Gasteiger partial charge on any atom is -0.504 e. The number of aromatic hydroxyl groups is 1. The maximum atomic E-state index is 10.4. The van der Waals surface area contributed by atoms with Crippen LogP contribution >= 0.6 is 27.3 Å². The Balaban J connectivity index is 1.65. The summed E-state index contributed by atoms with van der Waals surface area (Å²) in [6.07, 6.45) is 1.64. The zero-order valence-corrected chi connectivity index (χ0v) is 17.5. The van der Waals surface area contributed by atoms with Crippen molar-refractivity contribution in [1.82, 2.24) is 4.98 Å². The predicted molar refractivity (Wildman–Crippen MR) is 119 cm³/mol. The first kappa shape index (κ1) is 18.7. The highest BCUT2D eigenvalue weighted by Gasteiger charge is 2.09. The van der Waals surface area contributed by atoms with Crippen LogP contribution in [0.5, 0.6) is 11.5 Å².